The number of benzene rings is 3. The van der Waals surface area contributed by atoms with Crippen LogP contribution in [0.25, 0.3) is 11.0 Å². The second kappa shape index (κ2) is 7.99. The number of fused-ring (bicyclic) bond motifs is 1. The van der Waals surface area contributed by atoms with Gasteiger partial charge >= 0.3 is 0 Å². The average molecular weight is 408 g/mol. The lowest BCUT2D eigenvalue weighted by molar-refractivity contribution is 0.0711. The third-order valence-corrected chi connectivity index (χ3v) is 5.44. The van der Waals surface area contributed by atoms with Gasteiger partial charge in [0.15, 0.2) is 0 Å². The Labute approximate surface area is 179 Å². The number of hydrogen-bond donors (Lipinski definition) is 0. The van der Waals surface area contributed by atoms with E-state index in [4.69, 9.17) is 9.84 Å². The first kappa shape index (κ1) is 18.9. The summed E-state index contributed by atoms with van der Waals surface area (Å²) in [7, 11) is 1.60. The van der Waals surface area contributed by atoms with Gasteiger partial charge in [0.05, 0.1) is 29.9 Å². The Hall–Kier alpha value is -4.06. The number of carbonyl (C=O) groups excluding carboxylic acids is 1. The molecule has 1 aromatic heterocycles. The van der Waals surface area contributed by atoms with Crippen molar-refractivity contribution in [2.75, 3.05) is 7.11 Å². The van der Waals surface area contributed by atoms with E-state index in [0.717, 1.165) is 27.9 Å². The monoisotopic (exact) mass is 408 g/mol. The maximum atomic E-state index is 13.4. The van der Waals surface area contributed by atoms with E-state index in [1.54, 1.807) is 48.8 Å². The van der Waals surface area contributed by atoms with Crippen molar-refractivity contribution in [2.24, 2.45) is 5.10 Å². The average Bonchev–Trinajstić information content (AvgIpc) is 3.29. The lowest BCUT2D eigenvalue weighted by Gasteiger charge is -2.22. The van der Waals surface area contributed by atoms with Crippen LogP contribution in [-0.2, 0) is 0 Å². The fourth-order valence-corrected chi connectivity index (χ4v) is 3.82. The molecule has 1 aliphatic heterocycles. The SMILES string of the molecule is COc1ccc(C(=O)N2N=C(c3ccccc3)C[C@@H]2c2ccc3nccnc3c2)cc1. The molecule has 0 aliphatic carbocycles. The molecule has 6 heteroatoms. The van der Waals surface area contributed by atoms with E-state index >= 15 is 0 Å². The van der Waals surface area contributed by atoms with Crippen molar-refractivity contribution in [1.29, 1.82) is 0 Å². The molecule has 1 aliphatic rings. The minimum atomic E-state index is -0.226. The Morgan fingerprint density at radius 3 is 2.42 bits per heavy atom. The number of ether oxygens (including phenoxy) is 1. The van der Waals surface area contributed by atoms with Gasteiger partial charge in [0.2, 0.25) is 0 Å². The van der Waals surface area contributed by atoms with Crippen LogP contribution < -0.4 is 4.74 Å². The van der Waals surface area contributed by atoms with Gasteiger partial charge in [0, 0.05) is 24.4 Å². The van der Waals surface area contributed by atoms with Crippen LogP contribution in [0.4, 0.5) is 0 Å². The molecule has 0 saturated carbocycles. The Bertz CT molecular complexity index is 1270. The summed E-state index contributed by atoms with van der Waals surface area (Å²) in [4.78, 5) is 22.2. The molecule has 0 spiro atoms. The van der Waals surface area contributed by atoms with Gasteiger partial charge in [-0.05, 0) is 47.5 Å². The van der Waals surface area contributed by atoms with Crippen molar-refractivity contribution in [1.82, 2.24) is 15.0 Å². The third-order valence-electron chi connectivity index (χ3n) is 5.44. The second-order valence-electron chi connectivity index (χ2n) is 7.32. The number of rotatable bonds is 4. The Balaban J connectivity index is 1.55. The molecule has 1 atom stereocenters. The number of carbonyl (C=O) groups is 1. The Morgan fingerprint density at radius 2 is 1.68 bits per heavy atom. The minimum Gasteiger partial charge on any atom is -0.497 e. The summed E-state index contributed by atoms with van der Waals surface area (Å²) < 4.78 is 5.22. The first-order valence-electron chi connectivity index (χ1n) is 10.0. The zero-order valence-electron chi connectivity index (χ0n) is 17.0. The van der Waals surface area contributed by atoms with Crippen LogP contribution in [0.15, 0.2) is 90.3 Å². The van der Waals surface area contributed by atoms with Crippen molar-refractivity contribution in [3.8, 4) is 5.75 Å². The summed E-state index contributed by atoms with van der Waals surface area (Å²) in [6.07, 6.45) is 3.97. The maximum Gasteiger partial charge on any atom is 0.274 e. The second-order valence-corrected chi connectivity index (χ2v) is 7.32. The molecule has 0 unspecified atom stereocenters. The molecular weight excluding hydrogens is 388 g/mol. The van der Waals surface area contributed by atoms with E-state index in [1.165, 1.54) is 0 Å². The van der Waals surface area contributed by atoms with Crippen molar-refractivity contribution in [3.05, 3.63) is 102 Å². The molecule has 4 aromatic rings. The van der Waals surface area contributed by atoms with Crippen LogP contribution in [0.3, 0.4) is 0 Å². The molecule has 0 N–H and O–H groups in total. The smallest absolute Gasteiger partial charge is 0.274 e. The third kappa shape index (κ3) is 3.64. The maximum absolute atomic E-state index is 13.4. The van der Waals surface area contributed by atoms with Crippen LogP contribution in [0.2, 0.25) is 0 Å². The zero-order valence-corrected chi connectivity index (χ0v) is 17.0. The first-order chi connectivity index (χ1) is 15.2. The van der Waals surface area contributed by atoms with E-state index in [2.05, 4.69) is 9.97 Å². The van der Waals surface area contributed by atoms with Crippen molar-refractivity contribution in [3.63, 3.8) is 0 Å². The van der Waals surface area contributed by atoms with E-state index < -0.39 is 0 Å². The van der Waals surface area contributed by atoms with Crippen LogP contribution in [0.5, 0.6) is 5.75 Å². The van der Waals surface area contributed by atoms with E-state index in [0.29, 0.717) is 17.7 Å². The quantitative estimate of drug-likeness (QED) is 0.494. The van der Waals surface area contributed by atoms with Gasteiger partial charge in [-0.3, -0.25) is 14.8 Å². The van der Waals surface area contributed by atoms with E-state index in [9.17, 15) is 4.79 Å². The lowest BCUT2D eigenvalue weighted by Crippen LogP contribution is -2.27. The lowest BCUT2D eigenvalue weighted by atomic mass is 9.97. The van der Waals surface area contributed by atoms with Crippen molar-refractivity contribution >= 4 is 22.7 Å². The summed E-state index contributed by atoms with van der Waals surface area (Å²) in [5, 5.41) is 6.33. The highest BCUT2D eigenvalue weighted by Gasteiger charge is 2.33. The Kier molecular flexibility index (Phi) is 4.88. The van der Waals surface area contributed by atoms with Gasteiger partial charge in [0.1, 0.15) is 5.75 Å². The first-order valence-corrected chi connectivity index (χ1v) is 10.0. The number of nitrogens with zero attached hydrogens (tertiary/aromatic N) is 4. The van der Waals surface area contributed by atoms with E-state index in [-0.39, 0.29) is 11.9 Å². The van der Waals surface area contributed by atoms with E-state index in [1.807, 2.05) is 48.5 Å². The van der Waals surface area contributed by atoms with Gasteiger partial charge < -0.3 is 4.74 Å². The Morgan fingerprint density at radius 1 is 0.935 bits per heavy atom. The number of hydrazone groups is 1. The molecule has 0 fully saturated rings. The number of aromatic nitrogens is 2. The van der Waals surface area contributed by atoms with Crippen LogP contribution in [0.1, 0.15) is 33.9 Å². The van der Waals surface area contributed by atoms with Gasteiger partial charge in [0.25, 0.3) is 5.91 Å². The van der Waals surface area contributed by atoms with Gasteiger partial charge in [-0.15, -0.1) is 0 Å². The topological polar surface area (TPSA) is 67.7 Å². The molecule has 5 rings (SSSR count). The van der Waals surface area contributed by atoms with Crippen molar-refractivity contribution in [2.45, 2.75) is 12.5 Å². The van der Waals surface area contributed by atoms with Crippen molar-refractivity contribution < 1.29 is 9.53 Å². The molecule has 152 valence electrons. The zero-order chi connectivity index (χ0) is 21.2. The highest BCUT2D eigenvalue weighted by atomic mass is 16.5. The molecule has 1 amide bonds. The van der Waals surface area contributed by atoms with Crippen LogP contribution in [-0.4, -0.2) is 33.7 Å². The van der Waals surface area contributed by atoms with Crippen LogP contribution >= 0.6 is 0 Å². The molecule has 0 radical (unpaired) electrons. The molecule has 6 nitrogen and oxygen atoms in total. The predicted molar refractivity (Wildman–Crippen MR) is 119 cm³/mol. The molecule has 31 heavy (non-hydrogen) atoms. The standard InChI is InChI=1S/C25H20N4O2/c1-31-20-10-7-18(8-11-20)25(30)29-24(16-22(28-29)17-5-3-2-4-6-17)19-9-12-21-23(15-19)27-14-13-26-21/h2-15,24H,16H2,1H3/t24-/m1/s1. The molecule has 0 bridgehead atoms. The molecule has 0 saturated heterocycles. The summed E-state index contributed by atoms with van der Waals surface area (Å²) in [6.45, 7) is 0. The number of methoxy groups -OCH3 is 1. The normalized spacial score (nSPS) is 15.7. The predicted octanol–water partition coefficient (Wildman–Crippen LogP) is 4.63. The molecule has 2 heterocycles. The molecule has 3 aromatic carbocycles. The number of amides is 1. The minimum absolute atomic E-state index is 0.155. The summed E-state index contributed by atoms with van der Waals surface area (Å²) in [5.41, 5.74) is 5.05. The summed E-state index contributed by atoms with van der Waals surface area (Å²) in [6, 6.07) is 22.8. The molecular formula is C25H20N4O2. The van der Waals surface area contributed by atoms with Gasteiger partial charge in [-0.1, -0.05) is 36.4 Å². The van der Waals surface area contributed by atoms with Crippen LogP contribution in [0, 0.1) is 0 Å². The van der Waals surface area contributed by atoms with Gasteiger partial charge in [-0.2, -0.15) is 5.10 Å². The summed E-state index contributed by atoms with van der Waals surface area (Å²) in [5.74, 6) is 0.550. The number of hydrogen-bond acceptors (Lipinski definition) is 5. The fourth-order valence-electron chi connectivity index (χ4n) is 3.82. The fraction of sp³-hybridized carbons (Fsp3) is 0.120. The highest BCUT2D eigenvalue weighted by molar-refractivity contribution is 6.05. The largest absolute Gasteiger partial charge is 0.497 e. The van der Waals surface area contributed by atoms with Gasteiger partial charge in [-0.25, -0.2) is 5.01 Å². The summed E-state index contributed by atoms with van der Waals surface area (Å²) >= 11 is 0. The highest BCUT2D eigenvalue weighted by Crippen LogP contribution is 2.35.